The molecule has 32 heavy (non-hydrogen) atoms. The number of hydrogen-bond acceptors (Lipinski definition) is 7. The first kappa shape index (κ1) is 23.2. The van der Waals surface area contributed by atoms with Gasteiger partial charge in [0, 0.05) is 12.8 Å². The largest absolute Gasteiger partial charge is 0.452 e. The maximum absolute atomic E-state index is 12.8. The van der Waals surface area contributed by atoms with Gasteiger partial charge in [-0.2, -0.15) is 0 Å². The lowest BCUT2D eigenvalue weighted by Crippen LogP contribution is -2.59. The van der Waals surface area contributed by atoms with Crippen LogP contribution in [-0.4, -0.2) is 61.5 Å². The van der Waals surface area contributed by atoms with Crippen molar-refractivity contribution in [1.82, 2.24) is 5.32 Å². The van der Waals surface area contributed by atoms with E-state index in [1.165, 1.54) is 0 Å². The van der Waals surface area contributed by atoms with Crippen molar-refractivity contribution in [2.75, 3.05) is 0 Å². The molecule has 1 aromatic rings. The van der Waals surface area contributed by atoms with Crippen molar-refractivity contribution in [3.8, 4) is 0 Å². The van der Waals surface area contributed by atoms with Gasteiger partial charge >= 0.3 is 12.1 Å². The molecule has 2 saturated heterocycles. The van der Waals surface area contributed by atoms with Crippen molar-refractivity contribution in [3.63, 3.8) is 0 Å². The fourth-order valence-corrected chi connectivity index (χ4v) is 7.99. The Hall–Kier alpha value is -1.94. The fourth-order valence-electron chi connectivity index (χ4n) is 5.09. The number of benzene rings is 1. The summed E-state index contributed by atoms with van der Waals surface area (Å²) in [5, 5.41) is 13.1. The van der Waals surface area contributed by atoms with E-state index in [1.54, 1.807) is 0 Å². The SMILES string of the molecule is CC[Si](CC)(CC)O[C@H]1C[C@H](O)[C@@H]2O[C@@H]2[C@@]12C[C@H](NC(=O)OCc1ccccc1)C(=O)O2. The highest BCUT2D eigenvalue weighted by Crippen LogP contribution is 2.52. The molecule has 1 amide bonds. The molecule has 3 fully saturated rings. The Bertz CT molecular complexity index is 825. The molecule has 0 unspecified atom stereocenters. The summed E-state index contributed by atoms with van der Waals surface area (Å²) in [6, 6.07) is 11.3. The first-order valence-corrected chi connectivity index (χ1v) is 14.1. The molecule has 1 aliphatic carbocycles. The number of epoxide rings is 1. The van der Waals surface area contributed by atoms with Crippen LogP contribution < -0.4 is 5.32 Å². The zero-order chi connectivity index (χ0) is 22.9. The number of aliphatic hydroxyl groups excluding tert-OH is 1. The molecule has 3 aliphatic rings. The Morgan fingerprint density at radius 1 is 1.22 bits per heavy atom. The number of fused-ring (bicyclic) bond motifs is 2. The molecule has 0 bridgehead atoms. The maximum atomic E-state index is 12.8. The van der Waals surface area contributed by atoms with E-state index in [0.29, 0.717) is 6.42 Å². The molecular formula is C23H33NO7Si. The molecule has 1 spiro atoms. The summed E-state index contributed by atoms with van der Waals surface area (Å²) in [7, 11) is -2.04. The number of esters is 1. The Kier molecular flexibility index (Phi) is 6.62. The van der Waals surface area contributed by atoms with Crippen molar-refractivity contribution < 1.29 is 33.3 Å². The van der Waals surface area contributed by atoms with E-state index in [-0.39, 0.29) is 19.1 Å². The summed E-state index contributed by atoms with van der Waals surface area (Å²) in [4.78, 5) is 25.1. The predicted octanol–water partition coefficient (Wildman–Crippen LogP) is 2.89. The number of ether oxygens (including phenoxy) is 3. The van der Waals surface area contributed by atoms with Crippen LogP contribution in [0.15, 0.2) is 30.3 Å². The molecule has 176 valence electrons. The van der Waals surface area contributed by atoms with E-state index >= 15 is 0 Å². The minimum Gasteiger partial charge on any atom is -0.452 e. The Morgan fingerprint density at radius 2 is 1.91 bits per heavy atom. The number of carbonyl (C=O) groups excluding carboxylic acids is 2. The second-order valence-corrected chi connectivity index (χ2v) is 13.7. The topological polar surface area (TPSA) is 107 Å². The van der Waals surface area contributed by atoms with Crippen LogP contribution in [0.2, 0.25) is 18.1 Å². The number of alkyl carbamates (subject to hydrolysis) is 1. The number of carbonyl (C=O) groups is 2. The maximum Gasteiger partial charge on any atom is 0.408 e. The first-order chi connectivity index (χ1) is 15.4. The molecule has 2 N–H and O–H groups in total. The van der Waals surface area contributed by atoms with Gasteiger partial charge in [0.15, 0.2) is 13.9 Å². The van der Waals surface area contributed by atoms with Gasteiger partial charge in [0.1, 0.15) is 24.9 Å². The molecular weight excluding hydrogens is 430 g/mol. The standard InChI is InChI=1S/C23H33NO7Si/c1-4-32(5-2,6-3)31-18-12-17(25)19-20(29-19)23(18)13-16(21(26)30-23)24-22(27)28-14-15-10-8-7-9-11-15/h7-11,16-20,25H,4-6,12-14H2,1-3H3,(H,24,27)/t16-,17-,18-,19-,20-,23+/m0/s1. The zero-order valence-corrected chi connectivity index (χ0v) is 19.9. The summed E-state index contributed by atoms with van der Waals surface area (Å²) in [6.45, 7) is 6.52. The second-order valence-electron chi connectivity index (χ2n) is 9.01. The monoisotopic (exact) mass is 463 g/mol. The predicted molar refractivity (Wildman–Crippen MR) is 118 cm³/mol. The third-order valence-electron chi connectivity index (χ3n) is 7.32. The molecule has 9 heteroatoms. The van der Waals surface area contributed by atoms with Crippen LogP contribution in [0.5, 0.6) is 0 Å². The molecule has 1 saturated carbocycles. The number of hydrogen-bond donors (Lipinski definition) is 2. The van der Waals surface area contributed by atoms with E-state index in [1.807, 2.05) is 30.3 Å². The minimum atomic E-state index is -2.04. The van der Waals surface area contributed by atoms with Crippen LogP contribution in [-0.2, 0) is 30.0 Å². The molecule has 4 rings (SSSR count). The lowest BCUT2D eigenvalue weighted by atomic mass is 9.78. The molecule has 0 aromatic heterocycles. The number of nitrogens with one attached hydrogen (secondary N) is 1. The van der Waals surface area contributed by atoms with Gasteiger partial charge in [-0.3, -0.25) is 0 Å². The molecule has 2 aliphatic heterocycles. The van der Waals surface area contributed by atoms with E-state index in [9.17, 15) is 14.7 Å². The normalized spacial score (nSPS) is 33.5. The van der Waals surface area contributed by atoms with Crippen LogP contribution >= 0.6 is 0 Å². The van der Waals surface area contributed by atoms with Gasteiger partial charge in [-0.15, -0.1) is 0 Å². The summed E-state index contributed by atoms with van der Waals surface area (Å²) < 4.78 is 23.6. The van der Waals surface area contributed by atoms with E-state index in [4.69, 9.17) is 18.6 Å². The smallest absolute Gasteiger partial charge is 0.408 e. The van der Waals surface area contributed by atoms with E-state index in [2.05, 4.69) is 26.1 Å². The summed E-state index contributed by atoms with van der Waals surface area (Å²) in [5.41, 5.74) is -0.132. The van der Waals surface area contributed by atoms with Crippen LogP contribution in [0.25, 0.3) is 0 Å². The highest BCUT2D eigenvalue weighted by molar-refractivity contribution is 6.73. The third kappa shape index (κ3) is 4.31. The van der Waals surface area contributed by atoms with Crippen LogP contribution in [0.1, 0.15) is 39.2 Å². The average molecular weight is 464 g/mol. The van der Waals surface area contributed by atoms with Gasteiger partial charge < -0.3 is 29.1 Å². The van der Waals surface area contributed by atoms with Crippen LogP contribution in [0.4, 0.5) is 4.79 Å². The van der Waals surface area contributed by atoms with Gasteiger partial charge in [0.05, 0.1) is 12.2 Å². The van der Waals surface area contributed by atoms with Crippen molar-refractivity contribution in [2.45, 2.75) is 94.4 Å². The zero-order valence-electron chi connectivity index (χ0n) is 18.9. The second kappa shape index (κ2) is 9.13. The molecule has 6 atom stereocenters. The summed E-state index contributed by atoms with van der Waals surface area (Å²) >= 11 is 0. The van der Waals surface area contributed by atoms with Crippen molar-refractivity contribution >= 4 is 20.4 Å². The molecule has 1 aromatic carbocycles. The third-order valence-corrected chi connectivity index (χ3v) is 12.0. The Morgan fingerprint density at radius 3 is 2.56 bits per heavy atom. The molecule has 2 heterocycles. The van der Waals surface area contributed by atoms with Crippen LogP contribution in [0.3, 0.4) is 0 Å². The lowest BCUT2D eigenvalue weighted by Gasteiger charge is -2.43. The van der Waals surface area contributed by atoms with Gasteiger partial charge in [0.25, 0.3) is 0 Å². The van der Waals surface area contributed by atoms with Gasteiger partial charge in [0.2, 0.25) is 0 Å². The van der Waals surface area contributed by atoms with Gasteiger partial charge in [-0.25, -0.2) is 9.59 Å². The van der Waals surface area contributed by atoms with Crippen molar-refractivity contribution in [2.24, 2.45) is 0 Å². The quantitative estimate of drug-likeness (QED) is 0.347. The van der Waals surface area contributed by atoms with E-state index in [0.717, 1.165) is 23.7 Å². The minimum absolute atomic E-state index is 0.114. The first-order valence-electron chi connectivity index (χ1n) is 11.6. The molecule has 8 nitrogen and oxygen atoms in total. The van der Waals surface area contributed by atoms with Gasteiger partial charge in [-0.1, -0.05) is 51.1 Å². The average Bonchev–Trinajstić information content (AvgIpc) is 3.56. The van der Waals surface area contributed by atoms with Gasteiger partial charge in [-0.05, 0) is 23.7 Å². The highest BCUT2D eigenvalue weighted by atomic mass is 28.4. The summed E-state index contributed by atoms with van der Waals surface area (Å²) in [6.07, 6.45) is -1.94. The number of amides is 1. The van der Waals surface area contributed by atoms with Crippen molar-refractivity contribution in [3.05, 3.63) is 35.9 Å². The highest BCUT2D eigenvalue weighted by Gasteiger charge is 2.71. The Labute approximate surface area is 189 Å². The number of rotatable bonds is 8. The summed E-state index contributed by atoms with van der Waals surface area (Å²) in [5.74, 6) is -0.516. The van der Waals surface area contributed by atoms with Crippen molar-refractivity contribution in [1.29, 1.82) is 0 Å². The molecule has 0 radical (unpaired) electrons. The van der Waals surface area contributed by atoms with E-state index < -0.39 is 50.3 Å². The Balaban J connectivity index is 1.45. The number of aliphatic hydroxyl groups is 1. The fraction of sp³-hybridized carbons (Fsp3) is 0.652. The van der Waals surface area contributed by atoms with Crippen LogP contribution in [0, 0.1) is 0 Å². The lowest BCUT2D eigenvalue weighted by molar-refractivity contribution is -0.165.